The van der Waals surface area contributed by atoms with E-state index in [0.717, 1.165) is 36.6 Å². The van der Waals surface area contributed by atoms with Crippen molar-refractivity contribution in [1.29, 1.82) is 0 Å². The van der Waals surface area contributed by atoms with Crippen LogP contribution in [0.4, 0.5) is 0 Å². The molecule has 1 amide bonds. The minimum atomic E-state index is -0.192. The highest BCUT2D eigenvalue weighted by Gasteiger charge is 2.22. The number of aromatic nitrogens is 5. The van der Waals surface area contributed by atoms with E-state index in [2.05, 4.69) is 25.2 Å². The number of amides is 1. The van der Waals surface area contributed by atoms with Crippen LogP contribution in [0.2, 0.25) is 0 Å². The molecule has 3 heterocycles. The van der Waals surface area contributed by atoms with E-state index in [0.29, 0.717) is 5.69 Å². The predicted octanol–water partition coefficient (Wildman–Crippen LogP) is 1.52. The lowest BCUT2D eigenvalue weighted by molar-refractivity contribution is 0.0922. The standard InChI is InChI=1S/C17H18N6O/c1-12-9-22-10-13(7-8-16(22)18-12)19-17(24)15-11-23(21-20-15)14-5-3-2-4-6-14/h2-6,9,11,13H,7-8,10H2,1H3,(H,19,24)/t13-/m1/s1. The van der Waals surface area contributed by atoms with Crippen LogP contribution >= 0.6 is 0 Å². The molecule has 0 spiro atoms. The van der Waals surface area contributed by atoms with Gasteiger partial charge in [0.05, 0.1) is 17.6 Å². The molecule has 0 bridgehead atoms. The summed E-state index contributed by atoms with van der Waals surface area (Å²) in [5, 5.41) is 11.1. The molecular weight excluding hydrogens is 304 g/mol. The first-order valence-electron chi connectivity index (χ1n) is 8.00. The second-order valence-electron chi connectivity index (χ2n) is 6.04. The Kier molecular flexibility index (Phi) is 3.60. The van der Waals surface area contributed by atoms with Gasteiger partial charge < -0.3 is 9.88 Å². The number of carbonyl (C=O) groups is 1. The summed E-state index contributed by atoms with van der Waals surface area (Å²) in [6.45, 7) is 2.73. The number of imidazole rings is 1. The maximum atomic E-state index is 12.4. The summed E-state index contributed by atoms with van der Waals surface area (Å²) < 4.78 is 3.72. The molecule has 24 heavy (non-hydrogen) atoms. The monoisotopic (exact) mass is 322 g/mol. The van der Waals surface area contributed by atoms with Crippen LogP contribution in [-0.4, -0.2) is 36.5 Å². The number of benzene rings is 1. The lowest BCUT2D eigenvalue weighted by atomic mass is 10.1. The smallest absolute Gasteiger partial charge is 0.273 e. The molecule has 0 saturated heterocycles. The topological polar surface area (TPSA) is 77.6 Å². The Labute approximate surface area is 139 Å². The lowest BCUT2D eigenvalue weighted by Gasteiger charge is -2.24. The predicted molar refractivity (Wildman–Crippen MR) is 87.9 cm³/mol. The van der Waals surface area contributed by atoms with Crippen molar-refractivity contribution in [3.63, 3.8) is 0 Å². The van der Waals surface area contributed by atoms with Gasteiger partial charge in [-0.1, -0.05) is 23.4 Å². The maximum absolute atomic E-state index is 12.4. The third kappa shape index (κ3) is 2.80. The fraction of sp³-hybridized carbons (Fsp3) is 0.294. The van der Waals surface area contributed by atoms with Gasteiger partial charge in [0, 0.05) is 25.2 Å². The molecule has 1 aromatic carbocycles. The van der Waals surface area contributed by atoms with Crippen LogP contribution in [0, 0.1) is 6.92 Å². The quantitative estimate of drug-likeness (QED) is 0.793. The van der Waals surface area contributed by atoms with Crippen molar-refractivity contribution in [2.24, 2.45) is 0 Å². The molecule has 0 radical (unpaired) electrons. The van der Waals surface area contributed by atoms with Crippen molar-refractivity contribution in [3.05, 3.63) is 59.9 Å². The largest absolute Gasteiger partial charge is 0.346 e. The van der Waals surface area contributed by atoms with Gasteiger partial charge in [-0.05, 0) is 25.5 Å². The molecule has 122 valence electrons. The van der Waals surface area contributed by atoms with E-state index in [4.69, 9.17) is 0 Å². The number of nitrogens with one attached hydrogen (secondary N) is 1. The van der Waals surface area contributed by atoms with Crippen LogP contribution in [-0.2, 0) is 13.0 Å². The van der Waals surface area contributed by atoms with E-state index in [1.54, 1.807) is 10.9 Å². The van der Waals surface area contributed by atoms with Crippen molar-refractivity contribution in [2.45, 2.75) is 32.4 Å². The van der Waals surface area contributed by atoms with Crippen LogP contribution in [0.3, 0.4) is 0 Å². The third-order valence-electron chi connectivity index (χ3n) is 4.20. The minimum absolute atomic E-state index is 0.0838. The van der Waals surface area contributed by atoms with E-state index in [-0.39, 0.29) is 11.9 Å². The molecule has 2 aromatic heterocycles. The van der Waals surface area contributed by atoms with Crippen molar-refractivity contribution in [3.8, 4) is 5.69 Å². The Bertz CT molecular complexity index is 866. The number of hydrogen-bond donors (Lipinski definition) is 1. The fourth-order valence-electron chi connectivity index (χ4n) is 3.04. The van der Waals surface area contributed by atoms with E-state index >= 15 is 0 Å². The van der Waals surface area contributed by atoms with Gasteiger partial charge in [-0.15, -0.1) is 5.10 Å². The van der Waals surface area contributed by atoms with Gasteiger partial charge in [0.1, 0.15) is 5.82 Å². The number of fused-ring (bicyclic) bond motifs is 1. The lowest BCUT2D eigenvalue weighted by Crippen LogP contribution is -2.41. The van der Waals surface area contributed by atoms with Crippen molar-refractivity contribution in [2.75, 3.05) is 0 Å². The van der Waals surface area contributed by atoms with Crippen LogP contribution in [0.15, 0.2) is 42.7 Å². The summed E-state index contributed by atoms with van der Waals surface area (Å²) in [4.78, 5) is 16.9. The van der Waals surface area contributed by atoms with Gasteiger partial charge in [-0.3, -0.25) is 4.79 Å². The third-order valence-corrected chi connectivity index (χ3v) is 4.20. The Morgan fingerprint density at radius 3 is 2.92 bits per heavy atom. The van der Waals surface area contributed by atoms with E-state index < -0.39 is 0 Å². The summed E-state index contributed by atoms with van der Waals surface area (Å²) >= 11 is 0. The van der Waals surface area contributed by atoms with Gasteiger partial charge in [-0.25, -0.2) is 9.67 Å². The Morgan fingerprint density at radius 2 is 2.08 bits per heavy atom. The van der Waals surface area contributed by atoms with Gasteiger partial charge in [0.25, 0.3) is 5.91 Å². The number of hydrogen-bond acceptors (Lipinski definition) is 4. The summed E-state index contributed by atoms with van der Waals surface area (Å²) in [5.74, 6) is 0.899. The number of carbonyl (C=O) groups excluding carboxylic acids is 1. The molecule has 1 aliphatic heterocycles. The number of rotatable bonds is 3. The molecule has 3 aromatic rings. The average Bonchev–Trinajstić information content (AvgIpc) is 3.21. The number of nitrogens with zero attached hydrogens (tertiary/aromatic N) is 5. The van der Waals surface area contributed by atoms with Crippen molar-refractivity contribution < 1.29 is 4.79 Å². The number of aryl methyl sites for hydroxylation is 2. The molecule has 1 atom stereocenters. The molecule has 4 rings (SSSR count). The minimum Gasteiger partial charge on any atom is -0.346 e. The molecule has 0 fully saturated rings. The van der Waals surface area contributed by atoms with Gasteiger partial charge in [0.15, 0.2) is 5.69 Å². The highest BCUT2D eigenvalue weighted by atomic mass is 16.2. The SMILES string of the molecule is Cc1cn2c(n1)CC[C@@H](NC(=O)c1cn(-c3ccccc3)nn1)C2. The van der Waals surface area contributed by atoms with Crippen LogP contribution in [0.1, 0.15) is 28.4 Å². The fourth-order valence-corrected chi connectivity index (χ4v) is 3.04. The Balaban J connectivity index is 1.45. The van der Waals surface area contributed by atoms with E-state index in [1.165, 1.54) is 0 Å². The molecule has 7 nitrogen and oxygen atoms in total. The highest BCUT2D eigenvalue weighted by Crippen LogP contribution is 2.15. The zero-order chi connectivity index (χ0) is 16.5. The summed E-state index contributed by atoms with van der Waals surface area (Å²) in [5.41, 5.74) is 2.22. The molecular formula is C17H18N6O. The van der Waals surface area contributed by atoms with Crippen LogP contribution in [0.25, 0.3) is 5.69 Å². The maximum Gasteiger partial charge on any atom is 0.273 e. The molecule has 0 unspecified atom stereocenters. The normalized spacial score (nSPS) is 16.6. The second-order valence-corrected chi connectivity index (χ2v) is 6.04. The number of para-hydroxylation sites is 1. The first-order chi connectivity index (χ1) is 11.7. The first kappa shape index (κ1) is 14.6. The average molecular weight is 322 g/mol. The summed E-state index contributed by atoms with van der Waals surface area (Å²) in [6.07, 6.45) is 5.43. The van der Waals surface area contributed by atoms with Gasteiger partial charge in [0.2, 0.25) is 0 Å². The van der Waals surface area contributed by atoms with Crippen molar-refractivity contribution in [1.82, 2.24) is 29.9 Å². The van der Waals surface area contributed by atoms with Gasteiger partial charge in [-0.2, -0.15) is 0 Å². The molecule has 0 saturated carbocycles. The summed E-state index contributed by atoms with van der Waals surface area (Å²) in [7, 11) is 0. The highest BCUT2D eigenvalue weighted by molar-refractivity contribution is 5.92. The second kappa shape index (κ2) is 5.92. The van der Waals surface area contributed by atoms with Gasteiger partial charge >= 0.3 is 0 Å². The first-order valence-corrected chi connectivity index (χ1v) is 8.00. The zero-order valence-corrected chi connectivity index (χ0v) is 13.4. The summed E-state index contributed by atoms with van der Waals surface area (Å²) in [6, 6.07) is 9.69. The zero-order valence-electron chi connectivity index (χ0n) is 13.4. The van der Waals surface area contributed by atoms with Crippen LogP contribution in [0.5, 0.6) is 0 Å². The molecule has 1 aliphatic rings. The van der Waals surface area contributed by atoms with Crippen molar-refractivity contribution >= 4 is 5.91 Å². The molecule has 0 aliphatic carbocycles. The Morgan fingerprint density at radius 1 is 1.25 bits per heavy atom. The molecule has 7 heteroatoms. The Hall–Kier alpha value is -2.96. The van der Waals surface area contributed by atoms with E-state index in [1.807, 2.05) is 43.5 Å². The van der Waals surface area contributed by atoms with Crippen LogP contribution < -0.4 is 5.32 Å². The molecule has 1 N–H and O–H groups in total. The van der Waals surface area contributed by atoms with E-state index in [9.17, 15) is 4.79 Å².